The van der Waals surface area contributed by atoms with Crippen molar-refractivity contribution in [3.8, 4) is 11.5 Å². The molecule has 2 heterocycles. The number of hydrogen-bond acceptors (Lipinski definition) is 3. The number of carbonyl (C=O) groups is 1. The zero-order valence-electron chi connectivity index (χ0n) is 15.6. The Kier molecular flexibility index (Phi) is 6.19. The van der Waals surface area contributed by atoms with Gasteiger partial charge >= 0.3 is 0 Å². The van der Waals surface area contributed by atoms with Gasteiger partial charge in [0, 0.05) is 18.7 Å². The highest BCUT2D eigenvalue weighted by atomic mass is 16.7. The van der Waals surface area contributed by atoms with Gasteiger partial charge in [-0.05, 0) is 31.2 Å². The third kappa shape index (κ3) is 4.88. The molecular weight excluding hydrogens is 316 g/mol. The summed E-state index contributed by atoms with van der Waals surface area (Å²) in [5.41, 5.74) is 1.04. The van der Waals surface area contributed by atoms with E-state index in [9.17, 15) is 4.79 Å². The lowest BCUT2D eigenvalue weighted by molar-refractivity contribution is -0.904. The highest BCUT2D eigenvalue weighted by Crippen LogP contribution is 2.36. The van der Waals surface area contributed by atoms with Gasteiger partial charge in [-0.25, -0.2) is 0 Å². The second-order valence-electron chi connectivity index (χ2n) is 7.63. The first-order valence-corrected chi connectivity index (χ1v) is 9.62. The van der Waals surface area contributed by atoms with Gasteiger partial charge in [0.2, 0.25) is 12.7 Å². The van der Waals surface area contributed by atoms with Gasteiger partial charge in [0.05, 0.1) is 26.1 Å². The molecule has 1 fully saturated rings. The molecule has 25 heavy (non-hydrogen) atoms. The summed E-state index contributed by atoms with van der Waals surface area (Å²) in [6, 6.07) is 5.92. The van der Waals surface area contributed by atoms with Crippen LogP contribution in [-0.2, 0) is 11.3 Å². The minimum absolute atomic E-state index is 0.253. The number of para-hydroxylation sites is 1. The van der Waals surface area contributed by atoms with Crippen LogP contribution in [0, 0.1) is 5.92 Å². The summed E-state index contributed by atoms with van der Waals surface area (Å²) >= 11 is 0. The second kappa shape index (κ2) is 8.56. The van der Waals surface area contributed by atoms with Gasteiger partial charge in [-0.2, -0.15) is 0 Å². The van der Waals surface area contributed by atoms with E-state index in [4.69, 9.17) is 9.47 Å². The number of fused-ring (bicyclic) bond motifs is 1. The number of amides is 1. The van der Waals surface area contributed by atoms with Gasteiger partial charge in [-0.15, -0.1) is 0 Å². The van der Waals surface area contributed by atoms with Crippen molar-refractivity contribution >= 4 is 5.91 Å². The van der Waals surface area contributed by atoms with E-state index in [1.807, 2.05) is 23.1 Å². The molecule has 0 saturated carbocycles. The Morgan fingerprint density at radius 1 is 1.20 bits per heavy atom. The molecule has 2 aliphatic heterocycles. The Morgan fingerprint density at radius 2 is 2.00 bits per heavy atom. The number of quaternary nitrogens is 1. The van der Waals surface area contributed by atoms with E-state index in [0.717, 1.165) is 30.2 Å². The Labute approximate surface area is 150 Å². The van der Waals surface area contributed by atoms with E-state index in [1.165, 1.54) is 32.4 Å². The molecule has 1 aromatic rings. The van der Waals surface area contributed by atoms with E-state index < -0.39 is 0 Å². The lowest BCUT2D eigenvalue weighted by Crippen LogP contribution is -3.12. The van der Waals surface area contributed by atoms with Crippen LogP contribution in [0.15, 0.2) is 18.2 Å². The number of hydrogen-bond donors (Lipinski definition) is 1. The molecule has 1 aromatic carbocycles. The van der Waals surface area contributed by atoms with E-state index in [1.54, 1.807) is 4.90 Å². The first-order valence-electron chi connectivity index (χ1n) is 9.62. The number of carbonyl (C=O) groups excluding carboxylic acids is 1. The molecule has 0 aliphatic carbocycles. The van der Waals surface area contributed by atoms with Crippen LogP contribution in [0.3, 0.4) is 0 Å². The smallest absolute Gasteiger partial charge is 0.231 e. The molecule has 5 heteroatoms. The summed E-state index contributed by atoms with van der Waals surface area (Å²) in [4.78, 5) is 16.4. The fourth-order valence-corrected chi connectivity index (χ4v) is 3.76. The van der Waals surface area contributed by atoms with Crippen molar-refractivity contribution in [1.29, 1.82) is 0 Å². The topological polar surface area (TPSA) is 43.2 Å². The first kappa shape index (κ1) is 18.1. The lowest BCUT2D eigenvalue weighted by atomic mass is 10.1. The summed E-state index contributed by atoms with van der Waals surface area (Å²) in [6.07, 6.45) is 4.58. The van der Waals surface area contributed by atoms with Crippen molar-refractivity contribution in [3.63, 3.8) is 0 Å². The summed E-state index contributed by atoms with van der Waals surface area (Å²) in [5, 5.41) is 0. The summed E-state index contributed by atoms with van der Waals surface area (Å²) < 4.78 is 11.1. The van der Waals surface area contributed by atoms with E-state index in [2.05, 4.69) is 13.8 Å². The molecular formula is C20H31N2O3+. The quantitative estimate of drug-likeness (QED) is 0.819. The molecule has 0 radical (unpaired) electrons. The minimum atomic E-state index is 0.253. The van der Waals surface area contributed by atoms with Gasteiger partial charge in [-0.3, -0.25) is 4.79 Å². The Morgan fingerprint density at radius 3 is 2.76 bits per heavy atom. The van der Waals surface area contributed by atoms with Gasteiger partial charge in [0.1, 0.15) is 0 Å². The van der Waals surface area contributed by atoms with E-state index in [0.29, 0.717) is 18.9 Å². The van der Waals surface area contributed by atoms with Crippen LogP contribution in [-0.4, -0.2) is 43.8 Å². The number of ether oxygens (including phenoxy) is 2. The Balaban J connectivity index is 1.62. The van der Waals surface area contributed by atoms with E-state index >= 15 is 0 Å². The lowest BCUT2D eigenvalue weighted by Gasteiger charge is -2.27. The number of rotatable bonds is 7. The maximum Gasteiger partial charge on any atom is 0.231 e. The minimum Gasteiger partial charge on any atom is -0.454 e. The maximum atomic E-state index is 12.9. The largest absolute Gasteiger partial charge is 0.454 e. The number of nitrogens with one attached hydrogen (secondary N) is 1. The third-order valence-electron chi connectivity index (χ3n) is 5.03. The van der Waals surface area contributed by atoms with Crippen molar-refractivity contribution in [2.24, 2.45) is 5.92 Å². The molecule has 0 bridgehead atoms. The summed E-state index contributed by atoms with van der Waals surface area (Å²) in [5.74, 6) is 2.28. The standard InChI is InChI=1S/C20H30N2O3/c1-16(2)13-22(19(23)9-12-21-10-4-3-5-11-21)14-17-7-6-8-18-20(17)25-15-24-18/h6-8,16H,3-5,9-15H2,1-2H3/p+1. The predicted octanol–water partition coefficient (Wildman–Crippen LogP) is 1.86. The highest BCUT2D eigenvalue weighted by molar-refractivity contribution is 5.76. The van der Waals surface area contributed by atoms with Crippen LogP contribution in [0.4, 0.5) is 0 Å². The van der Waals surface area contributed by atoms with Crippen molar-refractivity contribution in [1.82, 2.24) is 4.90 Å². The molecule has 1 N–H and O–H groups in total. The molecule has 0 unspecified atom stereocenters. The van der Waals surface area contributed by atoms with Crippen molar-refractivity contribution in [2.45, 2.75) is 46.1 Å². The number of benzene rings is 1. The van der Waals surface area contributed by atoms with Crippen LogP contribution in [0.2, 0.25) is 0 Å². The van der Waals surface area contributed by atoms with Crippen molar-refractivity contribution in [2.75, 3.05) is 33.0 Å². The third-order valence-corrected chi connectivity index (χ3v) is 5.03. The summed E-state index contributed by atoms with van der Waals surface area (Å²) in [7, 11) is 0. The van der Waals surface area contributed by atoms with Crippen LogP contribution >= 0.6 is 0 Å². The molecule has 0 atom stereocenters. The number of nitrogens with zero attached hydrogens (tertiary/aromatic N) is 1. The SMILES string of the molecule is CC(C)CN(Cc1cccc2c1OCO2)C(=O)CC[NH+]1CCCCC1. The predicted molar refractivity (Wildman–Crippen MR) is 96.9 cm³/mol. The number of piperidine rings is 1. The zero-order chi connectivity index (χ0) is 17.6. The molecule has 5 nitrogen and oxygen atoms in total. The van der Waals surface area contributed by atoms with E-state index in [-0.39, 0.29) is 12.7 Å². The molecule has 138 valence electrons. The van der Waals surface area contributed by atoms with Gasteiger partial charge in [-0.1, -0.05) is 26.0 Å². The van der Waals surface area contributed by atoms with Crippen LogP contribution in [0.1, 0.15) is 45.1 Å². The molecule has 1 amide bonds. The summed E-state index contributed by atoms with van der Waals surface area (Å²) in [6.45, 7) is 9.35. The zero-order valence-corrected chi connectivity index (χ0v) is 15.6. The van der Waals surface area contributed by atoms with Gasteiger partial charge < -0.3 is 19.3 Å². The fraction of sp³-hybridized carbons (Fsp3) is 0.650. The highest BCUT2D eigenvalue weighted by Gasteiger charge is 2.23. The Bertz CT molecular complexity index is 582. The fourth-order valence-electron chi connectivity index (χ4n) is 3.76. The normalized spacial score (nSPS) is 17.1. The molecule has 0 aromatic heterocycles. The van der Waals surface area contributed by atoms with Crippen molar-refractivity contribution < 1.29 is 19.2 Å². The average molecular weight is 347 g/mol. The van der Waals surface area contributed by atoms with Crippen LogP contribution in [0.5, 0.6) is 11.5 Å². The molecule has 0 spiro atoms. The maximum absolute atomic E-state index is 12.9. The Hall–Kier alpha value is -1.75. The molecule has 1 saturated heterocycles. The second-order valence-corrected chi connectivity index (χ2v) is 7.63. The first-order chi connectivity index (χ1) is 12.1. The van der Waals surface area contributed by atoms with Crippen molar-refractivity contribution in [3.05, 3.63) is 23.8 Å². The van der Waals surface area contributed by atoms with Gasteiger partial charge in [0.25, 0.3) is 0 Å². The van der Waals surface area contributed by atoms with Gasteiger partial charge in [0.15, 0.2) is 11.5 Å². The average Bonchev–Trinajstić information content (AvgIpc) is 3.09. The number of likely N-dealkylation sites (tertiary alicyclic amines) is 1. The van der Waals surface area contributed by atoms with Crippen LogP contribution < -0.4 is 14.4 Å². The monoisotopic (exact) mass is 347 g/mol. The van der Waals surface area contributed by atoms with Crippen LogP contribution in [0.25, 0.3) is 0 Å². The molecule has 3 rings (SSSR count). The molecule has 2 aliphatic rings.